The maximum Gasteiger partial charge on any atom is 0.203 e. The minimum absolute atomic E-state index is 0.405. The molecule has 0 spiro atoms. The molecule has 6 nitrogen and oxygen atoms in total. The van der Waals surface area contributed by atoms with Gasteiger partial charge in [0.25, 0.3) is 0 Å². The van der Waals surface area contributed by atoms with Crippen molar-refractivity contribution in [3.05, 3.63) is 30.3 Å². The summed E-state index contributed by atoms with van der Waals surface area (Å²) in [6.45, 7) is 0. The molecule has 0 bridgehead atoms. The summed E-state index contributed by atoms with van der Waals surface area (Å²) >= 11 is 0. The van der Waals surface area contributed by atoms with E-state index in [9.17, 15) is 0 Å². The van der Waals surface area contributed by atoms with Crippen LogP contribution in [0.2, 0.25) is 0 Å². The SMILES string of the molecule is Nc1[nH]n2c(-c3ccccc3)nnc2c1N. The fraction of sp³-hybridized carbons (Fsp3) is 0. The summed E-state index contributed by atoms with van der Waals surface area (Å²) in [5, 5.41) is 11.0. The van der Waals surface area contributed by atoms with Crippen molar-refractivity contribution >= 4 is 17.2 Å². The van der Waals surface area contributed by atoms with Gasteiger partial charge in [-0.2, -0.15) is 0 Å². The maximum absolute atomic E-state index is 5.75. The van der Waals surface area contributed by atoms with Crippen molar-refractivity contribution in [2.45, 2.75) is 0 Å². The van der Waals surface area contributed by atoms with Gasteiger partial charge < -0.3 is 11.5 Å². The van der Waals surface area contributed by atoms with Crippen LogP contribution in [0.1, 0.15) is 0 Å². The molecular formula is C10H10N6. The summed E-state index contributed by atoms with van der Waals surface area (Å²) in [7, 11) is 0. The highest BCUT2D eigenvalue weighted by atomic mass is 15.4. The molecule has 80 valence electrons. The lowest BCUT2D eigenvalue weighted by atomic mass is 10.2. The number of anilines is 2. The summed E-state index contributed by atoms with van der Waals surface area (Å²) in [4.78, 5) is 0. The van der Waals surface area contributed by atoms with E-state index >= 15 is 0 Å². The van der Waals surface area contributed by atoms with E-state index in [2.05, 4.69) is 15.3 Å². The van der Waals surface area contributed by atoms with Gasteiger partial charge in [0.15, 0.2) is 5.82 Å². The lowest BCUT2D eigenvalue weighted by molar-refractivity contribution is 0.972. The van der Waals surface area contributed by atoms with Crippen LogP contribution in [0.3, 0.4) is 0 Å². The van der Waals surface area contributed by atoms with Gasteiger partial charge in [-0.05, 0) is 0 Å². The van der Waals surface area contributed by atoms with Gasteiger partial charge in [0.1, 0.15) is 11.5 Å². The first-order valence-electron chi connectivity index (χ1n) is 4.81. The number of nitrogens with one attached hydrogen (secondary N) is 1. The molecule has 6 heteroatoms. The Hall–Kier alpha value is -2.50. The Kier molecular flexibility index (Phi) is 1.64. The molecule has 0 saturated heterocycles. The standard InChI is InChI=1S/C10H10N6/c11-7-8(12)15-16-9(13-14-10(7)16)6-4-2-1-3-5-6/h1-5,15H,11-12H2. The Morgan fingerprint density at radius 2 is 1.81 bits per heavy atom. The number of rotatable bonds is 1. The van der Waals surface area contributed by atoms with Gasteiger partial charge >= 0.3 is 0 Å². The number of aromatic amines is 1. The van der Waals surface area contributed by atoms with Crippen molar-refractivity contribution < 1.29 is 0 Å². The number of fused-ring (bicyclic) bond motifs is 1. The number of aromatic nitrogens is 4. The van der Waals surface area contributed by atoms with E-state index in [1.54, 1.807) is 4.52 Å². The number of nitrogens with two attached hydrogens (primary N) is 2. The van der Waals surface area contributed by atoms with Gasteiger partial charge in [0, 0.05) is 5.56 Å². The second kappa shape index (κ2) is 2.99. The first-order chi connectivity index (χ1) is 7.77. The number of H-pyrrole nitrogens is 1. The van der Waals surface area contributed by atoms with Gasteiger partial charge in [0.2, 0.25) is 5.65 Å². The highest BCUT2D eigenvalue weighted by Crippen LogP contribution is 2.23. The summed E-state index contributed by atoms with van der Waals surface area (Å²) in [5.41, 5.74) is 13.4. The van der Waals surface area contributed by atoms with E-state index in [1.165, 1.54) is 0 Å². The fourth-order valence-electron chi connectivity index (χ4n) is 1.64. The maximum atomic E-state index is 5.75. The molecule has 0 atom stereocenters. The normalized spacial score (nSPS) is 11.0. The Morgan fingerprint density at radius 1 is 1.06 bits per heavy atom. The average molecular weight is 214 g/mol. The van der Waals surface area contributed by atoms with Crippen LogP contribution in [0.5, 0.6) is 0 Å². The quantitative estimate of drug-likeness (QED) is 0.560. The minimum Gasteiger partial charge on any atom is -0.393 e. The fourth-order valence-corrected chi connectivity index (χ4v) is 1.64. The number of hydrogen-bond acceptors (Lipinski definition) is 4. The van der Waals surface area contributed by atoms with Crippen LogP contribution >= 0.6 is 0 Å². The Labute approximate surface area is 90.9 Å². The molecule has 0 saturated carbocycles. The zero-order valence-electron chi connectivity index (χ0n) is 8.38. The van der Waals surface area contributed by atoms with Crippen LogP contribution in [-0.2, 0) is 0 Å². The van der Waals surface area contributed by atoms with E-state index < -0.39 is 0 Å². The highest BCUT2D eigenvalue weighted by Gasteiger charge is 2.13. The van der Waals surface area contributed by atoms with E-state index in [0.29, 0.717) is 23.0 Å². The van der Waals surface area contributed by atoms with E-state index in [4.69, 9.17) is 11.5 Å². The third-order valence-corrected chi connectivity index (χ3v) is 2.46. The van der Waals surface area contributed by atoms with Crippen LogP contribution in [0.4, 0.5) is 11.5 Å². The van der Waals surface area contributed by atoms with Crippen LogP contribution in [0, 0.1) is 0 Å². The first-order valence-corrected chi connectivity index (χ1v) is 4.81. The molecule has 16 heavy (non-hydrogen) atoms. The number of benzene rings is 1. The van der Waals surface area contributed by atoms with Crippen molar-refractivity contribution in [2.75, 3.05) is 11.5 Å². The number of nitrogen functional groups attached to an aromatic ring is 2. The van der Waals surface area contributed by atoms with Crippen molar-refractivity contribution in [1.29, 1.82) is 0 Å². The number of hydrogen-bond donors (Lipinski definition) is 3. The van der Waals surface area contributed by atoms with E-state index in [0.717, 1.165) is 5.56 Å². The van der Waals surface area contributed by atoms with Crippen LogP contribution in [0.15, 0.2) is 30.3 Å². The summed E-state index contributed by atoms with van der Waals surface area (Å²) < 4.78 is 1.68. The molecule has 0 unspecified atom stereocenters. The predicted octanol–water partition coefficient (Wildman–Crippen LogP) is 0.889. The largest absolute Gasteiger partial charge is 0.393 e. The molecule has 0 amide bonds. The molecule has 0 aliphatic heterocycles. The van der Waals surface area contributed by atoms with Crippen molar-refractivity contribution in [1.82, 2.24) is 19.8 Å². The van der Waals surface area contributed by atoms with Crippen molar-refractivity contribution in [2.24, 2.45) is 0 Å². The summed E-state index contributed by atoms with van der Waals surface area (Å²) in [6, 6.07) is 9.71. The molecule has 0 aliphatic carbocycles. The molecule has 3 aromatic rings. The molecular weight excluding hydrogens is 204 g/mol. The van der Waals surface area contributed by atoms with E-state index in [1.807, 2.05) is 30.3 Å². The van der Waals surface area contributed by atoms with E-state index in [-0.39, 0.29) is 0 Å². The molecule has 0 fully saturated rings. The first kappa shape index (κ1) is 8.78. The Balaban J connectivity index is 2.29. The predicted molar refractivity (Wildman–Crippen MR) is 61.6 cm³/mol. The topological polar surface area (TPSA) is 98.0 Å². The Bertz CT molecular complexity index is 636. The lowest BCUT2D eigenvalue weighted by Gasteiger charge is -1.95. The minimum atomic E-state index is 0.405. The zero-order chi connectivity index (χ0) is 11.1. The lowest BCUT2D eigenvalue weighted by Crippen LogP contribution is -1.93. The summed E-state index contributed by atoms with van der Waals surface area (Å²) in [5.74, 6) is 1.10. The highest BCUT2D eigenvalue weighted by molar-refractivity contribution is 5.78. The third-order valence-electron chi connectivity index (χ3n) is 2.46. The van der Waals surface area contributed by atoms with Gasteiger partial charge in [-0.25, -0.2) is 4.52 Å². The molecule has 0 aliphatic rings. The second-order valence-electron chi connectivity index (χ2n) is 3.49. The van der Waals surface area contributed by atoms with Gasteiger partial charge in [-0.15, -0.1) is 10.2 Å². The van der Waals surface area contributed by atoms with Crippen molar-refractivity contribution in [3.8, 4) is 11.4 Å². The van der Waals surface area contributed by atoms with Gasteiger partial charge in [-0.3, -0.25) is 5.10 Å². The monoisotopic (exact) mass is 214 g/mol. The summed E-state index contributed by atoms with van der Waals surface area (Å²) in [6.07, 6.45) is 0. The zero-order valence-corrected chi connectivity index (χ0v) is 8.38. The molecule has 0 radical (unpaired) electrons. The molecule has 2 aromatic heterocycles. The average Bonchev–Trinajstić information content (AvgIpc) is 2.83. The third kappa shape index (κ3) is 1.07. The molecule has 3 rings (SSSR count). The Morgan fingerprint density at radius 3 is 2.56 bits per heavy atom. The van der Waals surface area contributed by atoms with Crippen LogP contribution < -0.4 is 11.5 Å². The molecule has 1 aromatic carbocycles. The molecule has 5 N–H and O–H groups in total. The second-order valence-corrected chi connectivity index (χ2v) is 3.49. The number of nitrogens with zero attached hydrogens (tertiary/aromatic N) is 3. The van der Waals surface area contributed by atoms with Crippen molar-refractivity contribution in [3.63, 3.8) is 0 Å². The van der Waals surface area contributed by atoms with Gasteiger partial charge in [-0.1, -0.05) is 30.3 Å². The van der Waals surface area contributed by atoms with Crippen LogP contribution in [-0.4, -0.2) is 19.8 Å². The molecule has 2 heterocycles. The van der Waals surface area contributed by atoms with Gasteiger partial charge in [0.05, 0.1) is 0 Å². The van der Waals surface area contributed by atoms with Crippen LogP contribution in [0.25, 0.3) is 17.0 Å². The smallest absolute Gasteiger partial charge is 0.203 e.